The number of nitrogens with one attached hydrogen (secondary N) is 1. The van der Waals surface area contributed by atoms with Crippen molar-refractivity contribution in [3.63, 3.8) is 0 Å². The molecule has 0 bridgehead atoms. The van der Waals surface area contributed by atoms with Gasteiger partial charge in [0.25, 0.3) is 0 Å². The van der Waals surface area contributed by atoms with Crippen molar-refractivity contribution in [1.29, 1.82) is 0 Å². The van der Waals surface area contributed by atoms with Gasteiger partial charge in [-0.3, -0.25) is 4.79 Å². The second-order valence-electron chi connectivity index (χ2n) is 6.34. The largest absolute Gasteiger partial charge is 0.465 e. The summed E-state index contributed by atoms with van der Waals surface area (Å²) in [4.78, 5) is 26.8. The highest BCUT2D eigenvalue weighted by Gasteiger charge is 2.28. The van der Waals surface area contributed by atoms with Crippen LogP contribution in [0, 0.1) is 5.92 Å². The van der Waals surface area contributed by atoms with Crippen molar-refractivity contribution in [2.75, 3.05) is 18.2 Å². The lowest BCUT2D eigenvalue weighted by molar-refractivity contribution is -0.113. The van der Waals surface area contributed by atoms with Crippen molar-refractivity contribution < 1.29 is 14.3 Å². The Hall–Kier alpha value is -1.50. The molecule has 0 fully saturated rings. The lowest BCUT2D eigenvalue weighted by Crippen LogP contribution is -2.17. The number of carbonyl (C=O) groups excluding carboxylic acids is 2. The van der Waals surface area contributed by atoms with Crippen molar-refractivity contribution in [1.82, 2.24) is 0 Å². The Balaban J connectivity index is 1.73. The van der Waals surface area contributed by atoms with E-state index in [1.807, 2.05) is 12.1 Å². The molecule has 138 valence electrons. The van der Waals surface area contributed by atoms with Gasteiger partial charge in [0.05, 0.1) is 18.4 Å². The third-order valence-electron chi connectivity index (χ3n) is 4.34. The molecule has 2 aromatic rings. The van der Waals surface area contributed by atoms with Crippen LogP contribution in [0.15, 0.2) is 29.2 Å². The van der Waals surface area contributed by atoms with E-state index in [4.69, 9.17) is 16.3 Å². The molecule has 0 saturated carbocycles. The van der Waals surface area contributed by atoms with Crippen LogP contribution < -0.4 is 5.32 Å². The molecule has 1 heterocycles. The van der Waals surface area contributed by atoms with Gasteiger partial charge < -0.3 is 10.1 Å². The number of benzene rings is 1. The molecule has 1 aliphatic carbocycles. The van der Waals surface area contributed by atoms with Crippen LogP contribution in [0.2, 0.25) is 5.02 Å². The van der Waals surface area contributed by atoms with Gasteiger partial charge in [0.1, 0.15) is 5.00 Å². The first-order chi connectivity index (χ1) is 12.5. The molecule has 1 aromatic carbocycles. The van der Waals surface area contributed by atoms with Crippen LogP contribution in [0.1, 0.15) is 34.1 Å². The molecule has 0 unspecified atom stereocenters. The number of ether oxygens (including phenoxy) is 1. The molecule has 0 radical (unpaired) electrons. The van der Waals surface area contributed by atoms with Crippen LogP contribution in [-0.4, -0.2) is 24.7 Å². The van der Waals surface area contributed by atoms with Gasteiger partial charge in [-0.05, 0) is 55.0 Å². The molecule has 1 atom stereocenters. The molecule has 4 nitrogen and oxygen atoms in total. The van der Waals surface area contributed by atoms with Crippen LogP contribution >= 0.6 is 34.7 Å². The molecular weight excluding hydrogens is 390 g/mol. The SMILES string of the molecule is COC(=O)c1c(NC(=O)CSc2ccc(Cl)cc2)sc2c1CC[C@@H](C)C2. The fourth-order valence-electron chi connectivity index (χ4n) is 3.00. The Labute approximate surface area is 166 Å². The molecule has 26 heavy (non-hydrogen) atoms. The van der Waals surface area contributed by atoms with Gasteiger partial charge in [-0.1, -0.05) is 18.5 Å². The molecule has 1 aromatic heterocycles. The standard InChI is InChI=1S/C19H20ClNO3S2/c1-11-3-8-14-15(9-11)26-18(17(14)19(23)24-2)21-16(22)10-25-13-6-4-12(20)5-7-13/h4-7,11H,3,8-10H2,1-2H3,(H,21,22)/t11-/m1/s1. The molecule has 1 amide bonds. The van der Waals surface area contributed by atoms with Crippen molar-refractivity contribution >= 4 is 51.6 Å². The van der Waals surface area contributed by atoms with E-state index in [1.54, 1.807) is 12.1 Å². The Morgan fingerprint density at radius 2 is 2.08 bits per heavy atom. The van der Waals surface area contributed by atoms with E-state index in [2.05, 4.69) is 12.2 Å². The highest BCUT2D eigenvalue weighted by molar-refractivity contribution is 8.00. The number of anilines is 1. The summed E-state index contributed by atoms with van der Waals surface area (Å²) in [6.45, 7) is 2.21. The van der Waals surface area contributed by atoms with Crippen molar-refractivity contribution in [3.8, 4) is 0 Å². The second kappa shape index (κ2) is 8.46. The topological polar surface area (TPSA) is 55.4 Å². The monoisotopic (exact) mass is 409 g/mol. The minimum absolute atomic E-state index is 0.137. The Morgan fingerprint density at radius 1 is 1.35 bits per heavy atom. The number of esters is 1. The van der Waals surface area contributed by atoms with Gasteiger partial charge >= 0.3 is 5.97 Å². The number of hydrogen-bond donors (Lipinski definition) is 1. The molecule has 0 saturated heterocycles. The summed E-state index contributed by atoms with van der Waals surface area (Å²) in [7, 11) is 1.37. The Kier molecular flexibility index (Phi) is 6.27. The fourth-order valence-corrected chi connectivity index (χ4v) is 5.24. The lowest BCUT2D eigenvalue weighted by atomic mass is 9.88. The highest BCUT2D eigenvalue weighted by Crippen LogP contribution is 2.40. The Bertz CT molecular complexity index is 817. The molecule has 1 aliphatic rings. The van der Waals surface area contributed by atoms with Gasteiger partial charge in [0, 0.05) is 14.8 Å². The molecule has 3 rings (SSSR count). The van der Waals surface area contributed by atoms with Crippen LogP contribution in [-0.2, 0) is 22.4 Å². The lowest BCUT2D eigenvalue weighted by Gasteiger charge is -2.18. The quantitative estimate of drug-likeness (QED) is 0.555. The van der Waals surface area contributed by atoms with E-state index >= 15 is 0 Å². The van der Waals surface area contributed by atoms with Crippen molar-refractivity contribution in [3.05, 3.63) is 45.3 Å². The van der Waals surface area contributed by atoms with E-state index < -0.39 is 0 Å². The summed E-state index contributed by atoms with van der Waals surface area (Å²) in [6.07, 6.45) is 2.85. The minimum Gasteiger partial charge on any atom is -0.465 e. The van der Waals surface area contributed by atoms with Gasteiger partial charge in [-0.25, -0.2) is 4.79 Å². The third-order valence-corrected chi connectivity index (χ3v) is 6.77. The summed E-state index contributed by atoms with van der Waals surface area (Å²) < 4.78 is 4.95. The first-order valence-corrected chi connectivity index (χ1v) is 10.6. The van der Waals surface area contributed by atoms with Crippen LogP contribution in [0.3, 0.4) is 0 Å². The number of fused-ring (bicyclic) bond motifs is 1. The second-order valence-corrected chi connectivity index (χ2v) is 8.93. The summed E-state index contributed by atoms with van der Waals surface area (Å²) in [5.74, 6) is 0.344. The first kappa shape index (κ1) is 19.3. The first-order valence-electron chi connectivity index (χ1n) is 8.39. The van der Waals surface area contributed by atoms with Crippen LogP contribution in [0.4, 0.5) is 5.00 Å². The average molecular weight is 410 g/mol. The molecule has 0 aliphatic heterocycles. The zero-order chi connectivity index (χ0) is 18.7. The van der Waals surface area contributed by atoms with Crippen LogP contribution in [0.25, 0.3) is 0 Å². The zero-order valence-corrected chi connectivity index (χ0v) is 17.0. The summed E-state index contributed by atoms with van der Waals surface area (Å²) in [5, 5.41) is 4.19. The summed E-state index contributed by atoms with van der Waals surface area (Å²) in [6, 6.07) is 7.36. The number of hydrogen-bond acceptors (Lipinski definition) is 5. The van der Waals surface area contributed by atoms with Gasteiger partial charge in [0.15, 0.2) is 0 Å². The van der Waals surface area contributed by atoms with E-state index in [-0.39, 0.29) is 17.6 Å². The van der Waals surface area contributed by atoms with E-state index in [9.17, 15) is 9.59 Å². The van der Waals surface area contributed by atoms with Crippen molar-refractivity contribution in [2.45, 2.75) is 31.1 Å². The number of carbonyl (C=O) groups is 2. The van der Waals surface area contributed by atoms with E-state index in [1.165, 1.54) is 35.1 Å². The predicted octanol–water partition coefficient (Wildman–Crippen LogP) is 5.04. The summed E-state index contributed by atoms with van der Waals surface area (Å²) in [5.41, 5.74) is 1.57. The maximum atomic E-state index is 12.4. The zero-order valence-electron chi connectivity index (χ0n) is 14.6. The maximum Gasteiger partial charge on any atom is 0.341 e. The highest BCUT2D eigenvalue weighted by atomic mass is 35.5. The predicted molar refractivity (Wildman–Crippen MR) is 108 cm³/mol. The third kappa shape index (κ3) is 4.42. The maximum absolute atomic E-state index is 12.4. The molecular formula is C19H20ClNO3S2. The van der Waals surface area contributed by atoms with Crippen LogP contribution in [0.5, 0.6) is 0 Å². The average Bonchev–Trinajstić information content (AvgIpc) is 2.97. The number of thiophene rings is 1. The number of halogens is 1. The number of amides is 1. The van der Waals surface area contributed by atoms with Gasteiger partial charge in [0.2, 0.25) is 5.91 Å². The van der Waals surface area contributed by atoms with Gasteiger partial charge in [-0.15, -0.1) is 23.1 Å². The fraction of sp³-hybridized carbons (Fsp3) is 0.368. The van der Waals surface area contributed by atoms with E-state index in [0.717, 1.165) is 29.7 Å². The minimum atomic E-state index is -0.377. The summed E-state index contributed by atoms with van der Waals surface area (Å²) >= 11 is 8.80. The molecule has 7 heteroatoms. The normalized spacial score (nSPS) is 16.0. The number of thioether (sulfide) groups is 1. The number of methoxy groups -OCH3 is 1. The molecule has 1 N–H and O–H groups in total. The smallest absolute Gasteiger partial charge is 0.341 e. The van der Waals surface area contributed by atoms with E-state index in [0.29, 0.717) is 21.5 Å². The Morgan fingerprint density at radius 3 is 2.77 bits per heavy atom. The van der Waals surface area contributed by atoms with Crippen molar-refractivity contribution in [2.24, 2.45) is 5.92 Å². The number of rotatable bonds is 5. The van der Waals surface area contributed by atoms with Gasteiger partial charge in [-0.2, -0.15) is 0 Å². The molecule has 0 spiro atoms.